The fourth-order valence-corrected chi connectivity index (χ4v) is 1.44. The Labute approximate surface area is 87.1 Å². The molecule has 1 rings (SSSR count). The highest BCUT2D eigenvalue weighted by atomic mass is 19.3. The van der Waals surface area contributed by atoms with Crippen LogP contribution in [0.1, 0.15) is 13.8 Å². The standard InChI is InChI=1S/C9H9F7/c1-5(2)6(10)3-4-7(11,12)9(15,16)8(6,13)14/h3-5H,1-2H3. The maximum Gasteiger partial charge on any atom is 0.379 e. The Hall–Kier alpha value is -0.750. The molecule has 0 nitrogen and oxygen atoms in total. The highest BCUT2D eigenvalue weighted by Crippen LogP contribution is 2.57. The Morgan fingerprint density at radius 3 is 1.56 bits per heavy atom. The largest absolute Gasteiger partial charge is 0.379 e. The second kappa shape index (κ2) is 3.13. The maximum atomic E-state index is 13.7. The van der Waals surface area contributed by atoms with Crippen LogP contribution >= 0.6 is 0 Å². The molecule has 0 amide bonds. The molecule has 0 aromatic rings. The molecular weight excluding hydrogens is 241 g/mol. The topological polar surface area (TPSA) is 0 Å². The molecule has 1 aliphatic carbocycles. The van der Waals surface area contributed by atoms with E-state index in [-0.39, 0.29) is 6.08 Å². The second-order valence-corrected chi connectivity index (χ2v) is 4.03. The molecule has 94 valence electrons. The molecule has 0 saturated heterocycles. The molecule has 0 spiro atoms. The number of hydrogen-bond donors (Lipinski definition) is 0. The zero-order chi connectivity index (χ0) is 13.0. The first-order chi connectivity index (χ1) is 6.90. The molecule has 0 heterocycles. The summed E-state index contributed by atoms with van der Waals surface area (Å²) in [4.78, 5) is 0. The van der Waals surface area contributed by atoms with E-state index in [4.69, 9.17) is 0 Å². The number of allylic oxidation sites excluding steroid dienone is 2. The lowest BCUT2D eigenvalue weighted by Gasteiger charge is -2.43. The van der Waals surface area contributed by atoms with E-state index in [0.29, 0.717) is 0 Å². The van der Waals surface area contributed by atoms with Crippen LogP contribution in [0.3, 0.4) is 0 Å². The van der Waals surface area contributed by atoms with Crippen molar-refractivity contribution < 1.29 is 30.7 Å². The van der Waals surface area contributed by atoms with E-state index in [1.54, 1.807) is 0 Å². The number of rotatable bonds is 1. The van der Waals surface area contributed by atoms with E-state index in [1.807, 2.05) is 0 Å². The lowest BCUT2D eigenvalue weighted by Crippen LogP contribution is -2.66. The molecule has 0 fully saturated rings. The van der Waals surface area contributed by atoms with Crippen molar-refractivity contribution >= 4 is 0 Å². The number of halogens is 7. The van der Waals surface area contributed by atoms with Crippen LogP contribution < -0.4 is 0 Å². The zero-order valence-electron chi connectivity index (χ0n) is 8.38. The number of alkyl halides is 7. The monoisotopic (exact) mass is 250 g/mol. The Balaban J connectivity index is 3.43. The Kier molecular flexibility index (Phi) is 2.61. The Bertz CT molecular complexity index is 318. The van der Waals surface area contributed by atoms with Crippen LogP contribution in [0.4, 0.5) is 30.7 Å². The van der Waals surface area contributed by atoms with Crippen LogP contribution in [-0.4, -0.2) is 23.4 Å². The third-order valence-corrected chi connectivity index (χ3v) is 2.67. The summed E-state index contributed by atoms with van der Waals surface area (Å²) >= 11 is 0. The van der Waals surface area contributed by atoms with E-state index < -0.39 is 35.4 Å². The molecule has 0 saturated carbocycles. The highest BCUT2D eigenvalue weighted by Gasteiger charge is 2.80. The van der Waals surface area contributed by atoms with Crippen molar-refractivity contribution in [2.75, 3.05) is 0 Å². The van der Waals surface area contributed by atoms with Gasteiger partial charge in [-0.25, -0.2) is 4.39 Å². The molecular formula is C9H9F7. The molecule has 0 aromatic heterocycles. The molecule has 0 radical (unpaired) electrons. The van der Waals surface area contributed by atoms with E-state index >= 15 is 0 Å². The van der Waals surface area contributed by atoms with Crippen LogP contribution in [0.15, 0.2) is 12.2 Å². The fraction of sp³-hybridized carbons (Fsp3) is 0.778. The van der Waals surface area contributed by atoms with Crippen LogP contribution in [0.25, 0.3) is 0 Å². The third-order valence-electron chi connectivity index (χ3n) is 2.67. The molecule has 0 bridgehead atoms. The lowest BCUT2D eigenvalue weighted by atomic mass is 9.77. The smallest absolute Gasteiger partial charge is 0.232 e. The molecule has 1 atom stereocenters. The quantitative estimate of drug-likeness (QED) is 0.490. The molecule has 7 heteroatoms. The molecule has 16 heavy (non-hydrogen) atoms. The molecule has 0 aromatic carbocycles. The summed E-state index contributed by atoms with van der Waals surface area (Å²) < 4.78 is 90.8. The van der Waals surface area contributed by atoms with Gasteiger partial charge in [0.2, 0.25) is 5.67 Å². The Morgan fingerprint density at radius 1 is 0.750 bits per heavy atom. The summed E-state index contributed by atoms with van der Waals surface area (Å²) in [6.45, 7) is 1.83. The van der Waals surface area contributed by atoms with Gasteiger partial charge in [-0.2, -0.15) is 26.3 Å². The predicted molar refractivity (Wildman–Crippen MR) is 42.7 cm³/mol. The third kappa shape index (κ3) is 1.29. The summed E-state index contributed by atoms with van der Waals surface area (Å²) in [5.41, 5.74) is -3.78. The average Bonchev–Trinajstić information content (AvgIpc) is 2.11. The van der Waals surface area contributed by atoms with Gasteiger partial charge in [0.25, 0.3) is 0 Å². The van der Waals surface area contributed by atoms with Gasteiger partial charge < -0.3 is 0 Å². The van der Waals surface area contributed by atoms with Crippen molar-refractivity contribution in [1.82, 2.24) is 0 Å². The van der Waals surface area contributed by atoms with Crippen molar-refractivity contribution in [1.29, 1.82) is 0 Å². The van der Waals surface area contributed by atoms with Gasteiger partial charge in [0, 0.05) is 0 Å². The Morgan fingerprint density at radius 2 is 1.19 bits per heavy atom. The van der Waals surface area contributed by atoms with E-state index in [2.05, 4.69) is 0 Å². The summed E-state index contributed by atoms with van der Waals surface area (Å²) in [7, 11) is 0. The van der Waals surface area contributed by atoms with Gasteiger partial charge in [-0.3, -0.25) is 0 Å². The minimum Gasteiger partial charge on any atom is -0.232 e. The summed E-state index contributed by atoms with van der Waals surface area (Å²) in [5.74, 6) is -17.8. The molecule has 0 aliphatic heterocycles. The van der Waals surface area contributed by atoms with Crippen LogP contribution in [-0.2, 0) is 0 Å². The van der Waals surface area contributed by atoms with Gasteiger partial charge in [-0.1, -0.05) is 13.8 Å². The van der Waals surface area contributed by atoms with Crippen molar-refractivity contribution in [2.45, 2.75) is 37.3 Å². The van der Waals surface area contributed by atoms with Gasteiger partial charge in [0.05, 0.1) is 0 Å². The first-order valence-corrected chi connectivity index (χ1v) is 4.43. The maximum absolute atomic E-state index is 13.7. The van der Waals surface area contributed by atoms with E-state index in [0.717, 1.165) is 13.8 Å². The molecule has 1 aliphatic rings. The predicted octanol–water partition coefficient (Wildman–Crippen LogP) is 3.83. The van der Waals surface area contributed by atoms with Gasteiger partial charge >= 0.3 is 17.8 Å². The SMILES string of the molecule is CC(C)C1(F)C=CC(F)(F)C(F)(F)C1(F)F. The second-order valence-electron chi connectivity index (χ2n) is 4.03. The minimum atomic E-state index is -5.74. The van der Waals surface area contributed by atoms with Crippen LogP contribution in [0.5, 0.6) is 0 Å². The summed E-state index contributed by atoms with van der Waals surface area (Å²) in [6, 6.07) is 0. The number of hydrogen-bond acceptors (Lipinski definition) is 0. The van der Waals surface area contributed by atoms with E-state index in [1.165, 1.54) is 0 Å². The van der Waals surface area contributed by atoms with Crippen LogP contribution in [0.2, 0.25) is 0 Å². The van der Waals surface area contributed by atoms with Crippen molar-refractivity contribution in [2.24, 2.45) is 5.92 Å². The fourth-order valence-electron chi connectivity index (χ4n) is 1.44. The van der Waals surface area contributed by atoms with Crippen molar-refractivity contribution in [3.63, 3.8) is 0 Å². The minimum absolute atomic E-state index is 0.172. The van der Waals surface area contributed by atoms with Gasteiger partial charge in [0.1, 0.15) is 0 Å². The molecule has 1 unspecified atom stereocenters. The van der Waals surface area contributed by atoms with Crippen LogP contribution in [0, 0.1) is 5.92 Å². The normalized spacial score (nSPS) is 35.4. The highest BCUT2D eigenvalue weighted by molar-refractivity contribution is 5.27. The van der Waals surface area contributed by atoms with Gasteiger partial charge in [0.15, 0.2) is 0 Å². The first-order valence-electron chi connectivity index (χ1n) is 4.43. The average molecular weight is 250 g/mol. The lowest BCUT2D eigenvalue weighted by molar-refractivity contribution is -0.336. The van der Waals surface area contributed by atoms with Crippen molar-refractivity contribution in [3.8, 4) is 0 Å². The zero-order valence-corrected chi connectivity index (χ0v) is 8.38. The molecule has 0 N–H and O–H groups in total. The first kappa shape index (κ1) is 13.3. The summed E-state index contributed by atoms with van der Waals surface area (Å²) in [5, 5.41) is 0. The van der Waals surface area contributed by atoms with E-state index in [9.17, 15) is 30.7 Å². The van der Waals surface area contributed by atoms with Crippen molar-refractivity contribution in [3.05, 3.63) is 12.2 Å². The summed E-state index contributed by atoms with van der Waals surface area (Å²) in [6.07, 6.45) is -0.667. The van der Waals surface area contributed by atoms with Gasteiger partial charge in [-0.15, -0.1) is 0 Å². The van der Waals surface area contributed by atoms with Gasteiger partial charge in [-0.05, 0) is 18.1 Å².